The lowest BCUT2D eigenvalue weighted by atomic mass is 10.2. The summed E-state index contributed by atoms with van der Waals surface area (Å²) < 4.78 is 1.53. The predicted molar refractivity (Wildman–Crippen MR) is 85.7 cm³/mol. The fraction of sp³-hybridized carbons (Fsp3) is 0.133. The maximum atomic E-state index is 12.2. The number of nitrogens with one attached hydrogen (secondary N) is 1. The average Bonchev–Trinajstić information content (AvgIpc) is 3.03. The number of hydrogen-bond acceptors (Lipinski definition) is 3. The zero-order valence-corrected chi connectivity index (χ0v) is 12.8. The van der Waals surface area contributed by atoms with Gasteiger partial charge in [-0.3, -0.25) is 9.78 Å². The van der Waals surface area contributed by atoms with Crippen LogP contribution in [0.4, 0.5) is 0 Å². The second-order valence-corrected chi connectivity index (χ2v) is 5.92. The highest BCUT2D eigenvalue weighted by molar-refractivity contribution is 6.35. The minimum Gasteiger partial charge on any atom is -0.289 e. The highest BCUT2D eigenvalue weighted by Gasteiger charge is 2.11. The van der Waals surface area contributed by atoms with Crippen molar-refractivity contribution < 1.29 is 0 Å². The lowest BCUT2D eigenvalue weighted by Crippen LogP contribution is -2.28. The van der Waals surface area contributed by atoms with Crippen molar-refractivity contribution in [3.05, 3.63) is 60.6 Å². The van der Waals surface area contributed by atoms with Gasteiger partial charge in [0.25, 0.3) is 5.56 Å². The zero-order chi connectivity index (χ0) is 15.3. The van der Waals surface area contributed by atoms with Gasteiger partial charge in [0.15, 0.2) is 0 Å². The minimum atomic E-state index is -0.255. The number of nitrogens with zero attached hydrogens (tertiary/aromatic N) is 3. The normalized spacial score (nSPS) is 14.4. The minimum absolute atomic E-state index is 0.255. The van der Waals surface area contributed by atoms with Crippen molar-refractivity contribution in [2.24, 2.45) is 0 Å². The second kappa shape index (κ2) is 4.97. The first-order valence-electron chi connectivity index (χ1n) is 6.77. The number of hydrogen-bond donors (Lipinski definition) is 1. The third kappa shape index (κ3) is 2.14. The maximum Gasteiger partial charge on any atom is 0.276 e. The van der Waals surface area contributed by atoms with Crippen LogP contribution in [-0.4, -0.2) is 19.6 Å². The number of H-pyrrole nitrogens is 1. The highest BCUT2D eigenvalue weighted by atomic mass is 35.5. The summed E-state index contributed by atoms with van der Waals surface area (Å²) in [5, 5.41) is 6.77. The second-order valence-electron chi connectivity index (χ2n) is 5.07. The number of imidazole rings is 1. The van der Waals surface area contributed by atoms with Crippen LogP contribution in [0.25, 0.3) is 17.9 Å². The summed E-state index contributed by atoms with van der Waals surface area (Å²) in [7, 11) is 0. The molecule has 1 N–H and O–H groups in total. The molecule has 5 nitrogen and oxygen atoms in total. The summed E-state index contributed by atoms with van der Waals surface area (Å²) in [5.74, 6) is 0.429. The number of fused-ring (bicyclic) bond motifs is 2. The molecular weight excluding hydrogens is 323 g/mol. The van der Waals surface area contributed by atoms with Crippen molar-refractivity contribution >= 4 is 41.1 Å². The van der Waals surface area contributed by atoms with Crippen LogP contribution >= 0.6 is 23.2 Å². The van der Waals surface area contributed by atoms with Gasteiger partial charge in [-0.2, -0.15) is 9.61 Å². The SMILES string of the molecule is O=c1[nH]c2nc3c(nn2/c1=C\c1ccc(Cl)cc1Cl)CCC=3. The predicted octanol–water partition coefficient (Wildman–Crippen LogP) is 1.28. The van der Waals surface area contributed by atoms with Gasteiger partial charge < -0.3 is 0 Å². The van der Waals surface area contributed by atoms with Crippen LogP contribution in [0.2, 0.25) is 10.0 Å². The van der Waals surface area contributed by atoms with Gasteiger partial charge in [-0.05, 0) is 36.6 Å². The molecule has 4 rings (SSSR count). The Morgan fingerprint density at radius 1 is 1.32 bits per heavy atom. The van der Waals surface area contributed by atoms with Crippen molar-refractivity contribution in [1.82, 2.24) is 19.6 Å². The number of aromatic nitrogens is 4. The molecule has 0 amide bonds. The maximum absolute atomic E-state index is 12.2. The van der Waals surface area contributed by atoms with Crippen molar-refractivity contribution in [2.75, 3.05) is 0 Å². The van der Waals surface area contributed by atoms with E-state index in [0.29, 0.717) is 26.7 Å². The fourth-order valence-corrected chi connectivity index (χ4v) is 3.00. The van der Waals surface area contributed by atoms with Crippen molar-refractivity contribution in [3.8, 4) is 0 Å². The van der Waals surface area contributed by atoms with E-state index in [-0.39, 0.29) is 5.56 Å². The standard InChI is InChI=1S/C15H10Cl2N4O/c16-9-5-4-8(10(17)7-9)6-13-14(22)19-15-18-11-2-1-3-12(11)20-21(13)15/h2,4-7H,1,3H2,(H,18,19,22)/b13-6-. The molecule has 2 aromatic heterocycles. The van der Waals surface area contributed by atoms with Crippen LogP contribution in [0.3, 0.4) is 0 Å². The summed E-state index contributed by atoms with van der Waals surface area (Å²) in [4.78, 5) is 19.3. The molecular formula is C15H10Cl2N4O. The first kappa shape index (κ1) is 13.5. The van der Waals surface area contributed by atoms with Gasteiger partial charge >= 0.3 is 0 Å². The van der Waals surface area contributed by atoms with Gasteiger partial charge in [0.2, 0.25) is 5.78 Å². The van der Waals surface area contributed by atoms with Gasteiger partial charge in [0.05, 0.1) is 11.0 Å². The number of aromatic amines is 1. The van der Waals surface area contributed by atoms with E-state index in [1.165, 1.54) is 4.52 Å². The molecule has 0 radical (unpaired) electrons. The molecule has 1 aliphatic carbocycles. The highest BCUT2D eigenvalue weighted by Crippen LogP contribution is 2.21. The molecule has 110 valence electrons. The van der Waals surface area contributed by atoms with Crippen molar-refractivity contribution in [1.29, 1.82) is 0 Å². The topological polar surface area (TPSA) is 63.0 Å². The Morgan fingerprint density at radius 3 is 3.00 bits per heavy atom. The van der Waals surface area contributed by atoms with Gasteiger partial charge in [0.1, 0.15) is 5.35 Å². The number of benzene rings is 1. The van der Waals surface area contributed by atoms with E-state index < -0.39 is 0 Å². The number of rotatable bonds is 1. The summed E-state index contributed by atoms with van der Waals surface area (Å²) in [6.45, 7) is 0. The molecule has 0 unspecified atom stereocenters. The van der Waals surface area contributed by atoms with Crippen LogP contribution in [-0.2, 0) is 6.42 Å². The monoisotopic (exact) mass is 332 g/mol. The molecule has 7 heteroatoms. The van der Waals surface area contributed by atoms with E-state index in [1.54, 1.807) is 24.3 Å². The van der Waals surface area contributed by atoms with Gasteiger partial charge in [-0.1, -0.05) is 35.3 Å². The Labute approximate surface area is 134 Å². The van der Waals surface area contributed by atoms with Crippen molar-refractivity contribution in [3.63, 3.8) is 0 Å². The molecule has 0 aliphatic heterocycles. The summed E-state index contributed by atoms with van der Waals surface area (Å²) in [6, 6.07) is 5.12. The molecule has 2 heterocycles. The van der Waals surface area contributed by atoms with Crippen LogP contribution in [0.15, 0.2) is 23.0 Å². The Morgan fingerprint density at radius 2 is 2.18 bits per heavy atom. The Bertz CT molecular complexity index is 1080. The van der Waals surface area contributed by atoms with Crippen molar-refractivity contribution in [2.45, 2.75) is 12.8 Å². The summed E-state index contributed by atoms with van der Waals surface area (Å²) in [5.41, 5.74) is 1.34. The Kier molecular flexibility index (Phi) is 3.06. The lowest BCUT2D eigenvalue weighted by Gasteiger charge is -1.99. The first-order chi connectivity index (χ1) is 10.6. The molecule has 1 aliphatic rings. The largest absolute Gasteiger partial charge is 0.289 e. The van der Waals surface area contributed by atoms with E-state index in [0.717, 1.165) is 23.9 Å². The first-order valence-corrected chi connectivity index (χ1v) is 7.52. The van der Waals surface area contributed by atoms with E-state index >= 15 is 0 Å². The van der Waals surface area contributed by atoms with Crippen LogP contribution < -0.4 is 16.3 Å². The quantitative estimate of drug-likeness (QED) is 0.730. The van der Waals surface area contributed by atoms with Gasteiger partial charge in [0, 0.05) is 10.0 Å². The molecule has 0 fully saturated rings. The van der Waals surface area contributed by atoms with E-state index in [9.17, 15) is 4.79 Å². The third-order valence-corrected chi connectivity index (χ3v) is 4.17. The van der Waals surface area contributed by atoms with E-state index in [4.69, 9.17) is 23.2 Å². The van der Waals surface area contributed by atoms with Crippen LogP contribution in [0.5, 0.6) is 0 Å². The molecule has 0 spiro atoms. The molecule has 3 aromatic rings. The van der Waals surface area contributed by atoms with Gasteiger partial charge in [-0.15, -0.1) is 0 Å². The smallest absolute Gasteiger partial charge is 0.276 e. The fourth-order valence-electron chi connectivity index (χ4n) is 2.54. The number of halogens is 2. The molecule has 1 aromatic carbocycles. The third-order valence-electron chi connectivity index (χ3n) is 3.60. The molecule has 0 saturated heterocycles. The van der Waals surface area contributed by atoms with Crippen LogP contribution in [0, 0.1) is 0 Å². The van der Waals surface area contributed by atoms with E-state index in [2.05, 4.69) is 15.1 Å². The molecule has 22 heavy (non-hydrogen) atoms. The zero-order valence-electron chi connectivity index (χ0n) is 11.3. The summed E-state index contributed by atoms with van der Waals surface area (Å²) >= 11 is 12.1. The van der Waals surface area contributed by atoms with Gasteiger partial charge in [-0.25, -0.2) is 4.98 Å². The Hall–Kier alpha value is -2.11. The lowest BCUT2D eigenvalue weighted by molar-refractivity contribution is 0.808. The molecule has 0 saturated carbocycles. The molecule has 0 atom stereocenters. The average molecular weight is 333 g/mol. The number of aryl methyl sites for hydroxylation is 1. The van der Waals surface area contributed by atoms with Crippen LogP contribution in [0.1, 0.15) is 17.7 Å². The Balaban J connectivity index is 2.03. The van der Waals surface area contributed by atoms with E-state index in [1.807, 2.05) is 6.08 Å². The molecule has 0 bridgehead atoms. The summed E-state index contributed by atoms with van der Waals surface area (Å²) in [6.07, 6.45) is 5.47.